The second-order valence-electron chi connectivity index (χ2n) is 9.13. The van der Waals surface area contributed by atoms with E-state index in [4.69, 9.17) is 5.73 Å². The summed E-state index contributed by atoms with van der Waals surface area (Å²) in [5.74, 6) is 0.0698. The van der Waals surface area contributed by atoms with Crippen molar-refractivity contribution >= 4 is 54.8 Å². The molecule has 2 aliphatic rings. The molecule has 3 rings (SSSR count). The van der Waals surface area contributed by atoms with Crippen LogP contribution in [0.15, 0.2) is 13.1 Å². The fourth-order valence-corrected chi connectivity index (χ4v) is 7.71. The summed E-state index contributed by atoms with van der Waals surface area (Å²) in [5.41, 5.74) is 10.9. The van der Waals surface area contributed by atoms with Gasteiger partial charge < -0.3 is 5.73 Å². The molecule has 0 aromatic carbocycles. The van der Waals surface area contributed by atoms with Crippen LogP contribution in [0, 0.1) is 0 Å². The minimum absolute atomic E-state index is 0.0698. The van der Waals surface area contributed by atoms with Crippen molar-refractivity contribution in [3.8, 4) is 0 Å². The first-order chi connectivity index (χ1) is 15.1. The lowest BCUT2D eigenvalue weighted by molar-refractivity contribution is 0.0799. The van der Waals surface area contributed by atoms with Crippen LogP contribution in [0.1, 0.15) is 126 Å². The highest BCUT2D eigenvalue weighted by Crippen LogP contribution is 2.52. The number of carbonyl (C=O) groups is 1. The van der Waals surface area contributed by atoms with Gasteiger partial charge >= 0.3 is 0 Å². The normalized spacial score (nSPS) is 16.4. The van der Waals surface area contributed by atoms with Crippen molar-refractivity contribution in [3.63, 3.8) is 0 Å². The summed E-state index contributed by atoms with van der Waals surface area (Å²) < 4.78 is 1.95. The zero-order valence-electron chi connectivity index (χ0n) is 19.0. The van der Waals surface area contributed by atoms with E-state index in [1.165, 1.54) is 82.6 Å². The van der Waals surface area contributed by atoms with E-state index in [1.54, 1.807) is 11.3 Å². The van der Waals surface area contributed by atoms with E-state index >= 15 is 0 Å². The Bertz CT molecular complexity index is 768. The van der Waals surface area contributed by atoms with Gasteiger partial charge in [0, 0.05) is 5.56 Å². The predicted molar refractivity (Wildman–Crippen MR) is 140 cm³/mol. The van der Waals surface area contributed by atoms with Crippen LogP contribution in [0.4, 0.5) is 0 Å². The number of nitrogens with zero attached hydrogens (tertiary/aromatic N) is 1. The van der Waals surface area contributed by atoms with E-state index in [9.17, 15) is 4.79 Å². The maximum atomic E-state index is 13.1. The molecule has 0 spiro atoms. The Kier molecular flexibility index (Phi) is 10.6. The molecule has 31 heavy (non-hydrogen) atoms. The van der Waals surface area contributed by atoms with E-state index in [0.717, 1.165) is 50.1 Å². The van der Waals surface area contributed by atoms with E-state index in [0.29, 0.717) is 0 Å². The number of unbranched alkanes of at least 4 members (excludes halogenated alkanes) is 12. The number of amides is 1. The molecule has 1 saturated carbocycles. The van der Waals surface area contributed by atoms with Gasteiger partial charge in [0.15, 0.2) is 0 Å². The lowest BCUT2D eigenvalue weighted by Gasteiger charge is -2.26. The summed E-state index contributed by atoms with van der Waals surface area (Å²) in [5, 5.41) is 0. The summed E-state index contributed by atoms with van der Waals surface area (Å²) in [6.45, 7) is 2.28. The standard InChI is InChI=1S/C25H38Br2N2OS/c1-2-3-4-5-6-7-8-9-10-11-12-13-14-15-19(28)29-22(18-16-17-18)20-21(25(29)30)24(27)31-23(20)26/h19H,2-17,28H2,1H3. The van der Waals surface area contributed by atoms with Crippen molar-refractivity contribution in [2.24, 2.45) is 5.73 Å². The summed E-state index contributed by atoms with van der Waals surface area (Å²) in [6.07, 6.45) is 20.3. The minimum Gasteiger partial charge on any atom is -0.311 e. The minimum atomic E-state index is -0.223. The highest BCUT2D eigenvalue weighted by Gasteiger charge is 2.43. The van der Waals surface area contributed by atoms with Crippen molar-refractivity contribution in [3.05, 3.63) is 24.3 Å². The zero-order chi connectivity index (χ0) is 22.2. The van der Waals surface area contributed by atoms with Gasteiger partial charge in [0.2, 0.25) is 0 Å². The molecular weight excluding hydrogens is 536 g/mol. The third kappa shape index (κ3) is 6.91. The fourth-order valence-electron chi connectivity index (χ4n) is 4.59. The summed E-state index contributed by atoms with van der Waals surface area (Å²) in [6, 6.07) is 0. The van der Waals surface area contributed by atoms with Crippen LogP contribution in [0.5, 0.6) is 0 Å². The van der Waals surface area contributed by atoms with Gasteiger partial charge in [-0.3, -0.25) is 9.69 Å². The third-order valence-electron chi connectivity index (χ3n) is 6.50. The highest BCUT2D eigenvalue weighted by atomic mass is 79.9. The molecule has 3 nitrogen and oxygen atoms in total. The first kappa shape index (κ1) is 25.5. The number of allylic oxidation sites excluding steroid dienone is 1. The van der Waals surface area contributed by atoms with Gasteiger partial charge in [-0.2, -0.15) is 0 Å². The Labute approximate surface area is 209 Å². The van der Waals surface area contributed by atoms with Gasteiger partial charge in [0.25, 0.3) is 5.91 Å². The molecule has 1 atom stereocenters. The van der Waals surface area contributed by atoms with Crippen LogP contribution in [0.3, 0.4) is 0 Å². The molecule has 174 valence electrons. The lowest BCUT2D eigenvalue weighted by Crippen LogP contribution is -2.41. The molecule has 0 saturated heterocycles. The first-order valence-electron chi connectivity index (χ1n) is 12.4. The second kappa shape index (κ2) is 12.9. The van der Waals surface area contributed by atoms with Gasteiger partial charge in [-0.1, -0.05) is 90.4 Å². The summed E-state index contributed by atoms with van der Waals surface area (Å²) in [4.78, 5) is 15.0. The Balaban J connectivity index is 1.31. The number of rotatable bonds is 15. The van der Waals surface area contributed by atoms with Crippen molar-refractivity contribution in [2.45, 2.75) is 116 Å². The molecule has 2 N–H and O–H groups in total. The number of halogens is 2. The topological polar surface area (TPSA) is 46.3 Å². The monoisotopic (exact) mass is 572 g/mol. The molecule has 2 heterocycles. The summed E-state index contributed by atoms with van der Waals surface area (Å²) in [7, 11) is 0. The molecule has 1 aromatic heterocycles. The van der Waals surface area contributed by atoms with Gasteiger partial charge in [0.1, 0.15) is 0 Å². The lowest BCUT2D eigenvalue weighted by atomic mass is 10.0. The quantitative estimate of drug-likeness (QED) is 0.213. The molecule has 6 heteroatoms. The number of carbonyl (C=O) groups excluding carboxylic acids is 1. The maximum absolute atomic E-state index is 13.1. The molecule has 1 aromatic rings. The number of thiophene rings is 1. The molecular formula is C25H38Br2N2OS. The van der Waals surface area contributed by atoms with Gasteiger partial charge in [-0.25, -0.2) is 0 Å². The van der Waals surface area contributed by atoms with E-state index in [1.807, 2.05) is 4.90 Å². The van der Waals surface area contributed by atoms with Crippen molar-refractivity contribution < 1.29 is 4.79 Å². The molecule has 0 radical (unpaired) electrons. The smallest absolute Gasteiger partial charge is 0.262 e. The first-order valence-corrected chi connectivity index (χ1v) is 14.8. The fraction of sp³-hybridized carbons (Fsp3) is 0.720. The van der Waals surface area contributed by atoms with Crippen molar-refractivity contribution in [1.82, 2.24) is 4.90 Å². The van der Waals surface area contributed by atoms with Gasteiger partial charge in [0.05, 0.1) is 25.0 Å². The van der Waals surface area contributed by atoms with Crippen LogP contribution < -0.4 is 5.73 Å². The molecule has 1 aliphatic heterocycles. The predicted octanol–water partition coefficient (Wildman–Crippen LogP) is 9.00. The second-order valence-corrected chi connectivity index (χ2v) is 12.8. The average molecular weight is 574 g/mol. The Morgan fingerprint density at radius 3 is 1.84 bits per heavy atom. The molecule has 1 unspecified atom stereocenters. The van der Waals surface area contributed by atoms with Crippen molar-refractivity contribution in [1.29, 1.82) is 0 Å². The molecule has 1 aliphatic carbocycles. The zero-order valence-corrected chi connectivity index (χ0v) is 23.0. The van der Waals surface area contributed by atoms with Crippen LogP contribution in [-0.4, -0.2) is 17.0 Å². The SMILES string of the molecule is CCCCCCCCCCCCCCCC(N)N1C(=O)c2c(Br)sc(Br)c2C1=C1CC1. The molecule has 1 fully saturated rings. The molecule has 0 bridgehead atoms. The van der Waals surface area contributed by atoms with Gasteiger partial charge in [-0.15, -0.1) is 11.3 Å². The van der Waals surface area contributed by atoms with Crippen molar-refractivity contribution in [2.75, 3.05) is 0 Å². The maximum Gasteiger partial charge on any atom is 0.262 e. The Morgan fingerprint density at radius 2 is 1.32 bits per heavy atom. The van der Waals surface area contributed by atoms with E-state index in [-0.39, 0.29) is 12.1 Å². The van der Waals surface area contributed by atoms with Gasteiger partial charge in [-0.05, 0) is 56.7 Å². The Morgan fingerprint density at radius 1 is 0.839 bits per heavy atom. The summed E-state index contributed by atoms with van der Waals surface area (Å²) >= 11 is 8.82. The van der Waals surface area contributed by atoms with E-state index < -0.39 is 0 Å². The van der Waals surface area contributed by atoms with Crippen LogP contribution in [-0.2, 0) is 0 Å². The third-order valence-corrected chi connectivity index (χ3v) is 9.03. The number of nitrogens with two attached hydrogens (primary N) is 1. The Hall–Kier alpha value is -0.170. The van der Waals surface area contributed by atoms with Crippen LogP contribution in [0.25, 0.3) is 5.70 Å². The number of hydrogen-bond acceptors (Lipinski definition) is 3. The number of hydrogen-bond donors (Lipinski definition) is 1. The highest BCUT2D eigenvalue weighted by molar-refractivity contribution is 9.12. The van der Waals surface area contributed by atoms with Crippen LogP contribution >= 0.6 is 43.2 Å². The number of fused-ring (bicyclic) bond motifs is 1. The molecule has 1 amide bonds. The largest absolute Gasteiger partial charge is 0.311 e. The average Bonchev–Trinajstić information content (AvgIpc) is 3.47. The van der Waals surface area contributed by atoms with Crippen LogP contribution in [0.2, 0.25) is 0 Å². The van der Waals surface area contributed by atoms with E-state index in [2.05, 4.69) is 38.8 Å².